The van der Waals surface area contributed by atoms with Crippen LogP contribution in [-0.2, 0) is 0 Å². The first kappa shape index (κ1) is 11.7. The third kappa shape index (κ3) is 2.17. The van der Waals surface area contributed by atoms with Crippen molar-refractivity contribution in [1.82, 2.24) is 14.5 Å². The van der Waals surface area contributed by atoms with E-state index in [4.69, 9.17) is 0 Å². The predicted molar refractivity (Wildman–Crippen MR) is 77.8 cm³/mol. The van der Waals surface area contributed by atoms with Gasteiger partial charge in [0.15, 0.2) is 0 Å². The Kier molecular flexibility index (Phi) is 2.91. The smallest absolute Gasteiger partial charge is 0.207 e. The Morgan fingerprint density at radius 1 is 1.26 bits per heavy atom. The van der Waals surface area contributed by atoms with Crippen molar-refractivity contribution in [3.8, 4) is 5.69 Å². The maximum Gasteiger partial charge on any atom is 0.207 e. The molecular formula is C15H16N4. The molecule has 2 aromatic heterocycles. The van der Waals surface area contributed by atoms with E-state index < -0.39 is 0 Å². The number of anilines is 1. The van der Waals surface area contributed by atoms with Crippen LogP contribution in [0, 0.1) is 6.92 Å². The lowest BCUT2D eigenvalue weighted by molar-refractivity contribution is 1.02. The van der Waals surface area contributed by atoms with Crippen molar-refractivity contribution < 1.29 is 0 Å². The minimum Gasteiger partial charge on any atom is -0.356 e. The van der Waals surface area contributed by atoms with E-state index in [0.29, 0.717) is 0 Å². The summed E-state index contributed by atoms with van der Waals surface area (Å²) in [6.45, 7) is 4.92. The van der Waals surface area contributed by atoms with Gasteiger partial charge in [0.25, 0.3) is 0 Å². The maximum atomic E-state index is 4.49. The molecule has 4 heteroatoms. The van der Waals surface area contributed by atoms with Crippen LogP contribution >= 0.6 is 0 Å². The molecule has 19 heavy (non-hydrogen) atoms. The Hall–Kier alpha value is -2.36. The molecule has 0 spiro atoms. The summed E-state index contributed by atoms with van der Waals surface area (Å²) in [6, 6.07) is 10.3. The highest BCUT2D eigenvalue weighted by molar-refractivity contribution is 5.80. The largest absolute Gasteiger partial charge is 0.356 e. The summed E-state index contributed by atoms with van der Waals surface area (Å²) < 4.78 is 2.07. The number of fused-ring (bicyclic) bond motifs is 1. The van der Waals surface area contributed by atoms with Crippen LogP contribution < -0.4 is 5.32 Å². The fourth-order valence-corrected chi connectivity index (χ4v) is 2.19. The number of nitrogens with zero attached hydrogens (tertiary/aromatic N) is 3. The molecule has 0 amide bonds. The van der Waals surface area contributed by atoms with Crippen LogP contribution in [0.1, 0.15) is 12.6 Å². The molecular weight excluding hydrogens is 236 g/mol. The molecule has 3 aromatic rings. The van der Waals surface area contributed by atoms with Crippen LogP contribution in [-0.4, -0.2) is 21.1 Å². The third-order valence-electron chi connectivity index (χ3n) is 3.03. The SMILES string of the molecule is CCNc1nc(C)cn1-c1ccc2ncccc2c1. The Morgan fingerprint density at radius 3 is 3.00 bits per heavy atom. The van der Waals surface area contributed by atoms with Crippen LogP contribution in [0.15, 0.2) is 42.7 Å². The summed E-state index contributed by atoms with van der Waals surface area (Å²) >= 11 is 0. The van der Waals surface area contributed by atoms with Crippen LogP contribution in [0.5, 0.6) is 0 Å². The Balaban J connectivity index is 2.13. The zero-order chi connectivity index (χ0) is 13.2. The second-order valence-electron chi connectivity index (χ2n) is 4.49. The quantitative estimate of drug-likeness (QED) is 0.778. The van der Waals surface area contributed by atoms with Gasteiger partial charge in [-0.15, -0.1) is 0 Å². The van der Waals surface area contributed by atoms with Gasteiger partial charge in [0.1, 0.15) is 0 Å². The Bertz CT molecular complexity index is 715. The standard InChI is InChI=1S/C15H16N4/c1-3-16-15-18-11(2)10-19(15)13-6-7-14-12(9-13)5-4-8-17-14/h4-10H,3H2,1-2H3,(H,16,18). The minimum atomic E-state index is 0.853. The number of benzene rings is 1. The van der Waals surface area contributed by atoms with Crippen LogP contribution in [0.3, 0.4) is 0 Å². The van der Waals surface area contributed by atoms with Crippen molar-refractivity contribution in [2.24, 2.45) is 0 Å². The molecule has 0 atom stereocenters. The predicted octanol–water partition coefficient (Wildman–Crippen LogP) is 3.16. The zero-order valence-electron chi connectivity index (χ0n) is 11.1. The number of rotatable bonds is 3. The maximum absolute atomic E-state index is 4.49. The second-order valence-corrected chi connectivity index (χ2v) is 4.49. The minimum absolute atomic E-state index is 0.853. The van der Waals surface area contributed by atoms with E-state index in [1.165, 1.54) is 0 Å². The van der Waals surface area contributed by atoms with Gasteiger partial charge < -0.3 is 5.32 Å². The number of aryl methyl sites for hydroxylation is 1. The van der Waals surface area contributed by atoms with Crippen molar-refractivity contribution in [2.45, 2.75) is 13.8 Å². The lowest BCUT2D eigenvalue weighted by Gasteiger charge is -2.09. The first-order chi connectivity index (χ1) is 9.28. The van der Waals surface area contributed by atoms with Crippen molar-refractivity contribution >= 4 is 16.9 Å². The monoisotopic (exact) mass is 252 g/mol. The number of aromatic nitrogens is 3. The van der Waals surface area contributed by atoms with Crippen LogP contribution in [0.25, 0.3) is 16.6 Å². The van der Waals surface area contributed by atoms with E-state index >= 15 is 0 Å². The molecule has 0 saturated carbocycles. The van der Waals surface area contributed by atoms with E-state index in [9.17, 15) is 0 Å². The second kappa shape index (κ2) is 4.72. The van der Waals surface area contributed by atoms with E-state index in [-0.39, 0.29) is 0 Å². The molecule has 3 rings (SSSR count). The van der Waals surface area contributed by atoms with Gasteiger partial charge in [0.05, 0.1) is 11.2 Å². The first-order valence-electron chi connectivity index (χ1n) is 6.43. The number of imidazole rings is 1. The highest BCUT2D eigenvalue weighted by Gasteiger charge is 2.07. The highest BCUT2D eigenvalue weighted by Crippen LogP contribution is 2.20. The Labute approximate surface area is 112 Å². The number of nitrogens with one attached hydrogen (secondary N) is 1. The third-order valence-corrected chi connectivity index (χ3v) is 3.03. The molecule has 0 aliphatic rings. The van der Waals surface area contributed by atoms with Gasteiger partial charge >= 0.3 is 0 Å². The molecule has 0 unspecified atom stereocenters. The molecule has 0 aliphatic heterocycles. The lowest BCUT2D eigenvalue weighted by Crippen LogP contribution is -2.04. The number of hydrogen-bond acceptors (Lipinski definition) is 3. The molecule has 4 nitrogen and oxygen atoms in total. The average Bonchev–Trinajstić information content (AvgIpc) is 2.80. The molecule has 2 heterocycles. The van der Waals surface area contributed by atoms with Crippen molar-refractivity contribution in [2.75, 3.05) is 11.9 Å². The fourth-order valence-electron chi connectivity index (χ4n) is 2.19. The zero-order valence-corrected chi connectivity index (χ0v) is 11.1. The van der Waals surface area contributed by atoms with Crippen molar-refractivity contribution in [1.29, 1.82) is 0 Å². The summed E-state index contributed by atoms with van der Waals surface area (Å²) in [6.07, 6.45) is 3.85. The van der Waals surface area contributed by atoms with Gasteiger partial charge in [-0.1, -0.05) is 6.07 Å². The van der Waals surface area contributed by atoms with E-state index in [1.807, 2.05) is 31.5 Å². The van der Waals surface area contributed by atoms with Crippen molar-refractivity contribution in [3.05, 3.63) is 48.4 Å². The number of hydrogen-bond donors (Lipinski definition) is 1. The molecule has 0 aliphatic carbocycles. The van der Waals surface area contributed by atoms with E-state index in [1.54, 1.807) is 0 Å². The summed E-state index contributed by atoms with van der Waals surface area (Å²) in [4.78, 5) is 8.83. The van der Waals surface area contributed by atoms with Gasteiger partial charge in [0.2, 0.25) is 5.95 Å². The van der Waals surface area contributed by atoms with Crippen LogP contribution in [0.4, 0.5) is 5.95 Å². The topological polar surface area (TPSA) is 42.7 Å². The van der Waals surface area contributed by atoms with Gasteiger partial charge in [-0.3, -0.25) is 9.55 Å². The molecule has 0 radical (unpaired) electrons. The summed E-state index contributed by atoms with van der Waals surface area (Å²) in [5, 5.41) is 4.41. The van der Waals surface area contributed by atoms with Crippen LogP contribution in [0.2, 0.25) is 0 Å². The summed E-state index contributed by atoms with van der Waals surface area (Å²) in [7, 11) is 0. The molecule has 96 valence electrons. The summed E-state index contributed by atoms with van der Waals surface area (Å²) in [5.74, 6) is 0.878. The molecule has 0 fully saturated rings. The number of pyridine rings is 1. The van der Waals surface area contributed by atoms with Gasteiger partial charge in [-0.05, 0) is 38.1 Å². The molecule has 1 N–H and O–H groups in total. The lowest BCUT2D eigenvalue weighted by atomic mass is 10.2. The Morgan fingerprint density at radius 2 is 2.16 bits per heavy atom. The fraction of sp³-hybridized carbons (Fsp3) is 0.200. The molecule has 1 aromatic carbocycles. The highest BCUT2D eigenvalue weighted by atomic mass is 15.2. The van der Waals surface area contributed by atoms with Crippen molar-refractivity contribution in [3.63, 3.8) is 0 Å². The first-order valence-corrected chi connectivity index (χ1v) is 6.43. The van der Waals surface area contributed by atoms with Gasteiger partial charge in [-0.2, -0.15) is 0 Å². The van der Waals surface area contributed by atoms with Gasteiger partial charge in [-0.25, -0.2) is 4.98 Å². The van der Waals surface area contributed by atoms with Gasteiger partial charge in [0, 0.05) is 30.0 Å². The van der Waals surface area contributed by atoms with E-state index in [0.717, 1.165) is 34.8 Å². The normalized spacial score (nSPS) is 10.8. The summed E-state index contributed by atoms with van der Waals surface area (Å²) in [5.41, 5.74) is 3.10. The average molecular weight is 252 g/mol. The van der Waals surface area contributed by atoms with E-state index in [2.05, 4.69) is 45.0 Å². The molecule has 0 saturated heterocycles. The molecule has 0 bridgehead atoms.